The Bertz CT molecular complexity index is 820. The number of aldehydes is 1. The van der Waals surface area contributed by atoms with Crippen LogP contribution in [0.2, 0.25) is 5.04 Å². The van der Waals surface area contributed by atoms with Crippen molar-refractivity contribution in [2.75, 3.05) is 6.61 Å². The normalized spacial score (nSPS) is 21.6. The van der Waals surface area contributed by atoms with Crippen LogP contribution in [0, 0.1) is 11.8 Å². The molecular formula is C26H34O4Si. The van der Waals surface area contributed by atoms with Gasteiger partial charge in [0.1, 0.15) is 12.4 Å². The molecule has 166 valence electrons. The van der Waals surface area contributed by atoms with Gasteiger partial charge in [0.25, 0.3) is 8.32 Å². The first-order chi connectivity index (χ1) is 14.8. The molecule has 1 aliphatic rings. The van der Waals surface area contributed by atoms with Crippen LogP contribution in [-0.4, -0.2) is 33.3 Å². The van der Waals surface area contributed by atoms with Crippen molar-refractivity contribution in [1.29, 1.82) is 0 Å². The van der Waals surface area contributed by atoms with Gasteiger partial charge in [0.15, 0.2) is 0 Å². The molecule has 1 saturated carbocycles. The van der Waals surface area contributed by atoms with Crippen LogP contribution in [0.3, 0.4) is 0 Å². The third-order valence-electron chi connectivity index (χ3n) is 6.52. The first-order valence-corrected chi connectivity index (χ1v) is 13.1. The molecule has 2 aromatic rings. The van der Waals surface area contributed by atoms with Gasteiger partial charge in [-0.1, -0.05) is 81.4 Å². The lowest BCUT2D eigenvalue weighted by atomic mass is 9.93. The molecular weight excluding hydrogens is 404 g/mol. The van der Waals surface area contributed by atoms with E-state index in [9.17, 15) is 9.59 Å². The molecule has 31 heavy (non-hydrogen) atoms. The molecule has 1 fully saturated rings. The molecule has 1 aliphatic carbocycles. The maximum Gasteiger partial charge on any atom is 0.302 e. The summed E-state index contributed by atoms with van der Waals surface area (Å²) in [4.78, 5) is 22.9. The zero-order valence-corrected chi connectivity index (χ0v) is 20.0. The van der Waals surface area contributed by atoms with Crippen LogP contribution in [0.1, 0.15) is 47.0 Å². The van der Waals surface area contributed by atoms with Crippen molar-refractivity contribution in [3.8, 4) is 0 Å². The van der Waals surface area contributed by atoms with E-state index in [-0.39, 0.29) is 28.9 Å². The summed E-state index contributed by atoms with van der Waals surface area (Å²) >= 11 is 0. The maximum absolute atomic E-state index is 11.5. The minimum Gasteiger partial charge on any atom is -0.462 e. The first-order valence-electron chi connectivity index (χ1n) is 11.2. The number of carbonyl (C=O) groups excluding carboxylic acids is 2. The molecule has 0 saturated heterocycles. The van der Waals surface area contributed by atoms with Gasteiger partial charge in [-0.05, 0) is 34.2 Å². The van der Waals surface area contributed by atoms with Crippen molar-refractivity contribution in [3.05, 3.63) is 60.7 Å². The van der Waals surface area contributed by atoms with E-state index in [0.717, 1.165) is 19.1 Å². The molecule has 0 unspecified atom stereocenters. The Morgan fingerprint density at radius 1 is 1.00 bits per heavy atom. The molecule has 5 heteroatoms. The first kappa shape index (κ1) is 23.4. The topological polar surface area (TPSA) is 52.6 Å². The summed E-state index contributed by atoms with van der Waals surface area (Å²) in [5, 5.41) is 2.40. The molecule has 3 atom stereocenters. The molecule has 0 aromatic heterocycles. The van der Waals surface area contributed by atoms with Crippen LogP contribution in [0.25, 0.3) is 0 Å². The van der Waals surface area contributed by atoms with Gasteiger partial charge in [0.05, 0.1) is 0 Å². The SMILES string of the molecule is CC(=O)O[C@@H]1CC[C@@H](CO[Si](c2ccccc2)(c2ccccc2)C(C)(C)C)[C@@H]1CC=O. The van der Waals surface area contributed by atoms with Crippen LogP contribution < -0.4 is 10.4 Å². The van der Waals surface area contributed by atoms with E-state index < -0.39 is 8.32 Å². The van der Waals surface area contributed by atoms with Gasteiger partial charge in [-0.15, -0.1) is 0 Å². The van der Waals surface area contributed by atoms with Crippen molar-refractivity contribution in [3.63, 3.8) is 0 Å². The van der Waals surface area contributed by atoms with Crippen LogP contribution in [0.15, 0.2) is 60.7 Å². The van der Waals surface area contributed by atoms with Gasteiger partial charge in [-0.2, -0.15) is 0 Å². The van der Waals surface area contributed by atoms with Crippen LogP contribution in [-0.2, 0) is 18.8 Å². The minimum atomic E-state index is -2.62. The predicted molar refractivity (Wildman–Crippen MR) is 126 cm³/mol. The highest BCUT2D eigenvalue weighted by atomic mass is 28.4. The molecule has 0 bridgehead atoms. The summed E-state index contributed by atoms with van der Waals surface area (Å²) in [7, 11) is -2.62. The lowest BCUT2D eigenvalue weighted by molar-refractivity contribution is -0.149. The monoisotopic (exact) mass is 438 g/mol. The molecule has 0 radical (unpaired) electrons. The van der Waals surface area contributed by atoms with E-state index in [1.807, 2.05) is 12.1 Å². The van der Waals surface area contributed by atoms with Crippen LogP contribution in [0.5, 0.6) is 0 Å². The molecule has 0 aliphatic heterocycles. The number of carbonyl (C=O) groups is 2. The number of esters is 1. The van der Waals surface area contributed by atoms with Crippen LogP contribution >= 0.6 is 0 Å². The Morgan fingerprint density at radius 3 is 2.00 bits per heavy atom. The van der Waals surface area contributed by atoms with Crippen molar-refractivity contribution in [2.24, 2.45) is 11.8 Å². The van der Waals surface area contributed by atoms with Gasteiger partial charge in [-0.3, -0.25) is 4.79 Å². The van der Waals surface area contributed by atoms with Gasteiger partial charge < -0.3 is 14.0 Å². The summed E-state index contributed by atoms with van der Waals surface area (Å²) in [6.07, 6.45) is 2.83. The Balaban J connectivity index is 1.96. The Kier molecular flexibility index (Phi) is 7.49. The Morgan fingerprint density at radius 2 is 1.55 bits per heavy atom. The molecule has 0 heterocycles. The van der Waals surface area contributed by atoms with Gasteiger partial charge in [0, 0.05) is 25.9 Å². The molecule has 2 aromatic carbocycles. The fourth-order valence-electron chi connectivity index (χ4n) is 5.13. The second-order valence-corrected chi connectivity index (χ2v) is 13.8. The number of ether oxygens (including phenoxy) is 1. The highest BCUT2D eigenvalue weighted by Gasteiger charge is 2.51. The summed E-state index contributed by atoms with van der Waals surface area (Å²) in [6, 6.07) is 21.1. The van der Waals surface area contributed by atoms with Crippen molar-refractivity contribution in [2.45, 2.75) is 58.1 Å². The predicted octanol–water partition coefficient (Wildman–Crippen LogP) is 4.11. The third-order valence-corrected chi connectivity index (χ3v) is 11.5. The third kappa shape index (κ3) is 4.99. The van der Waals surface area contributed by atoms with E-state index in [4.69, 9.17) is 9.16 Å². The summed E-state index contributed by atoms with van der Waals surface area (Å²) in [6.45, 7) is 8.78. The van der Waals surface area contributed by atoms with E-state index in [1.165, 1.54) is 17.3 Å². The number of hydrogen-bond acceptors (Lipinski definition) is 4. The average Bonchev–Trinajstić information content (AvgIpc) is 3.10. The highest BCUT2D eigenvalue weighted by molar-refractivity contribution is 6.99. The van der Waals surface area contributed by atoms with Gasteiger partial charge in [0.2, 0.25) is 0 Å². The Hall–Kier alpha value is -2.24. The zero-order chi connectivity index (χ0) is 22.5. The van der Waals surface area contributed by atoms with Gasteiger partial charge in [-0.25, -0.2) is 0 Å². The second kappa shape index (κ2) is 9.92. The molecule has 0 spiro atoms. The molecule has 0 amide bonds. The average molecular weight is 439 g/mol. The largest absolute Gasteiger partial charge is 0.462 e. The fourth-order valence-corrected chi connectivity index (χ4v) is 9.74. The van der Waals surface area contributed by atoms with E-state index in [2.05, 4.69) is 69.3 Å². The highest BCUT2D eigenvalue weighted by Crippen LogP contribution is 2.40. The minimum absolute atomic E-state index is 0.0135. The maximum atomic E-state index is 11.5. The zero-order valence-electron chi connectivity index (χ0n) is 19.0. The summed E-state index contributed by atoms with van der Waals surface area (Å²) < 4.78 is 12.6. The van der Waals surface area contributed by atoms with Crippen molar-refractivity contribution in [1.82, 2.24) is 0 Å². The number of benzene rings is 2. The molecule has 4 nitrogen and oxygen atoms in total. The number of rotatable bonds is 8. The van der Waals surface area contributed by atoms with Crippen molar-refractivity contribution >= 4 is 30.9 Å². The van der Waals surface area contributed by atoms with E-state index in [0.29, 0.717) is 13.0 Å². The van der Waals surface area contributed by atoms with E-state index >= 15 is 0 Å². The number of hydrogen-bond donors (Lipinski definition) is 0. The van der Waals surface area contributed by atoms with Gasteiger partial charge >= 0.3 is 5.97 Å². The fraction of sp³-hybridized carbons (Fsp3) is 0.462. The summed E-state index contributed by atoms with van der Waals surface area (Å²) in [5.41, 5.74) is 0. The molecule has 3 rings (SSSR count). The molecule has 0 N–H and O–H groups in total. The Labute approximate surface area is 187 Å². The summed E-state index contributed by atoms with van der Waals surface area (Å²) in [5.74, 6) is -0.0785. The standard InChI is InChI=1S/C26H34O4Si/c1-20(28)30-25-16-15-21(24(25)17-18-27)19-29-31(26(2,3)4,22-11-7-5-8-12-22)23-13-9-6-10-14-23/h5-14,18,21,24-25H,15-17,19H2,1-4H3/t21-,24-,25+/m0/s1. The van der Waals surface area contributed by atoms with E-state index in [1.54, 1.807) is 0 Å². The smallest absolute Gasteiger partial charge is 0.302 e. The second-order valence-electron chi connectivity index (χ2n) is 9.53. The lowest BCUT2D eigenvalue weighted by Crippen LogP contribution is -2.67. The quantitative estimate of drug-likeness (QED) is 0.354. The lowest BCUT2D eigenvalue weighted by Gasteiger charge is -2.44. The van der Waals surface area contributed by atoms with Crippen molar-refractivity contribution < 1.29 is 18.8 Å². The van der Waals surface area contributed by atoms with Crippen LogP contribution in [0.4, 0.5) is 0 Å².